The summed E-state index contributed by atoms with van der Waals surface area (Å²) >= 11 is 0. The Kier molecular flexibility index (Phi) is 5.13. The van der Waals surface area contributed by atoms with Crippen molar-refractivity contribution in [2.24, 2.45) is 0 Å². The standard InChI is InChI=1S/C18H26N2O3S/c1-24(22,23)13-17-10-2-3-11-20(17)18(21)19-16-9-5-8-15(12-16)14-6-4-7-14/h5,8-9,12,14,17H,2-4,6-7,10-11,13H2,1H3,(H,19,21). The minimum Gasteiger partial charge on any atom is -0.321 e. The average Bonchev–Trinajstić information content (AvgIpc) is 2.44. The fraction of sp³-hybridized carbons (Fsp3) is 0.611. The molecule has 5 nitrogen and oxygen atoms in total. The summed E-state index contributed by atoms with van der Waals surface area (Å²) < 4.78 is 23.3. The highest BCUT2D eigenvalue weighted by Gasteiger charge is 2.29. The van der Waals surface area contributed by atoms with Gasteiger partial charge in [-0.3, -0.25) is 0 Å². The Bertz CT molecular complexity index is 698. The van der Waals surface area contributed by atoms with Crippen LogP contribution in [0.15, 0.2) is 24.3 Å². The first-order chi connectivity index (χ1) is 11.4. The van der Waals surface area contributed by atoms with Crippen LogP contribution < -0.4 is 5.32 Å². The van der Waals surface area contributed by atoms with Gasteiger partial charge in [-0.25, -0.2) is 13.2 Å². The van der Waals surface area contributed by atoms with Crippen LogP contribution in [-0.2, 0) is 9.84 Å². The topological polar surface area (TPSA) is 66.5 Å². The van der Waals surface area contributed by atoms with Gasteiger partial charge in [-0.1, -0.05) is 18.6 Å². The van der Waals surface area contributed by atoms with Gasteiger partial charge in [-0.05, 0) is 55.7 Å². The number of piperidine rings is 1. The number of carbonyl (C=O) groups is 1. The number of anilines is 1. The summed E-state index contributed by atoms with van der Waals surface area (Å²) in [4.78, 5) is 14.3. The van der Waals surface area contributed by atoms with Crippen LogP contribution in [0.4, 0.5) is 10.5 Å². The van der Waals surface area contributed by atoms with Crippen molar-refractivity contribution < 1.29 is 13.2 Å². The van der Waals surface area contributed by atoms with Gasteiger partial charge >= 0.3 is 6.03 Å². The number of likely N-dealkylation sites (tertiary alicyclic amines) is 1. The molecule has 2 aliphatic rings. The van der Waals surface area contributed by atoms with Crippen molar-refractivity contribution >= 4 is 21.6 Å². The largest absolute Gasteiger partial charge is 0.322 e. The summed E-state index contributed by atoms with van der Waals surface area (Å²) in [5.74, 6) is 0.664. The predicted octanol–water partition coefficient (Wildman–Crippen LogP) is 3.39. The van der Waals surface area contributed by atoms with E-state index in [0.29, 0.717) is 12.5 Å². The van der Waals surface area contributed by atoms with E-state index in [4.69, 9.17) is 0 Å². The molecule has 1 aliphatic heterocycles. The number of nitrogens with zero attached hydrogens (tertiary/aromatic N) is 1. The predicted molar refractivity (Wildman–Crippen MR) is 96.1 cm³/mol. The summed E-state index contributed by atoms with van der Waals surface area (Å²) in [5, 5.41) is 2.96. The molecule has 1 aromatic carbocycles. The molecule has 3 rings (SSSR count). The van der Waals surface area contributed by atoms with Crippen LogP contribution in [0.25, 0.3) is 0 Å². The van der Waals surface area contributed by atoms with Crippen molar-refractivity contribution in [1.82, 2.24) is 4.90 Å². The Labute approximate surface area is 144 Å². The van der Waals surface area contributed by atoms with E-state index >= 15 is 0 Å². The van der Waals surface area contributed by atoms with E-state index in [2.05, 4.69) is 17.4 Å². The van der Waals surface area contributed by atoms with Crippen molar-refractivity contribution in [1.29, 1.82) is 0 Å². The molecule has 132 valence electrons. The third kappa shape index (κ3) is 4.29. The molecule has 1 heterocycles. The third-order valence-corrected chi connectivity index (χ3v) is 6.09. The zero-order chi connectivity index (χ0) is 17.2. The third-order valence-electron chi connectivity index (χ3n) is 5.10. The van der Waals surface area contributed by atoms with Crippen molar-refractivity contribution in [3.63, 3.8) is 0 Å². The van der Waals surface area contributed by atoms with E-state index in [-0.39, 0.29) is 17.8 Å². The average molecular weight is 350 g/mol. The van der Waals surface area contributed by atoms with E-state index < -0.39 is 9.84 Å². The lowest BCUT2D eigenvalue weighted by molar-refractivity contribution is 0.171. The van der Waals surface area contributed by atoms with Gasteiger partial charge in [-0.2, -0.15) is 0 Å². The molecule has 2 amide bonds. The van der Waals surface area contributed by atoms with Crippen molar-refractivity contribution in [2.75, 3.05) is 23.9 Å². The highest BCUT2D eigenvalue weighted by atomic mass is 32.2. The van der Waals surface area contributed by atoms with Crippen molar-refractivity contribution in [2.45, 2.75) is 50.5 Å². The monoisotopic (exact) mass is 350 g/mol. The number of urea groups is 1. The first-order valence-electron chi connectivity index (χ1n) is 8.78. The number of hydrogen-bond acceptors (Lipinski definition) is 3. The van der Waals surface area contributed by atoms with Gasteiger partial charge in [0.05, 0.1) is 5.75 Å². The van der Waals surface area contributed by atoms with E-state index in [0.717, 1.165) is 24.9 Å². The molecule has 1 saturated heterocycles. The summed E-state index contributed by atoms with van der Waals surface area (Å²) in [6.45, 7) is 0.619. The first kappa shape index (κ1) is 17.3. The maximum atomic E-state index is 12.6. The molecule has 2 fully saturated rings. The Hall–Kier alpha value is -1.56. The zero-order valence-electron chi connectivity index (χ0n) is 14.2. The van der Waals surface area contributed by atoms with Gasteiger partial charge in [0, 0.05) is 24.5 Å². The molecule has 1 N–H and O–H groups in total. The second kappa shape index (κ2) is 7.13. The Morgan fingerprint density at radius 3 is 2.67 bits per heavy atom. The SMILES string of the molecule is CS(=O)(=O)CC1CCCCN1C(=O)Nc1cccc(C2CCC2)c1. The fourth-order valence-electron chi connectivity index (χ4n) is 3.60. The molecular formula is C18H26N2O3S. The minimum atomic E-state index is -3.10. The molecule has 1 aromatic rings. The van der Waals surface area contributed by atoms with Gasteiger partial charge in [0.2, 0.25) is 0 Å². The minimum absolute atomic E-state index is 0.0442. The molecule has 24 heavy (non-hydrogen) atoms. The summed E-state index contributed by atoms with van der Waals surface area (Å²) in [6.07, 6.45) is 7.61. The molecule has 0 aromatic heterocycles. The smallest absolute Gasteiger partial charge is 0.321 e. The first-order valence-corrected chi connectivity index (χ1v) is 10.8. The highest BCUT2D eigenvalue weighted by molar-refractivity contribution is 7.90. The molecule has 1 saturated carbocycles. The van der Waals surface area contributed by atoms with E-state index in [1.54, 1.807) is 4.90 Å². The number of benzene rings is 1. The van der Waals surface area contributed by atoms with Gasteiger partial charge < -0.3 is 10.2 Å². The Morgan fingerprint density at radius 2 is 2.00 bits per heavy atom. The van der Waals surface area contributed by atoms with E-state index in [1.165, 1.54) is 31.1 Å². The molecule has 1 aliphatic carbocycles. The summed E-state index contributed by atoms with van der Waals surface area (Å²) in [6, 6.07) is 7.64. The highest BCUT2D eigenvalue weighted by Crippen LogP contribution is 2.37. The summed E-state index contributed by atoms with van der Waals surface area (Å²) in [7, 11) is -3.10. The van der Waals surface area contributed by atoms with Gasteiger partial charge in [0.25, 0.3) is 0 Å². The number of nitrogens with one attached hydrogen (secondary N) is 1. The van der Waals surface area contributed by atoms with Gasteiger partial charge in [0.1, 0.15) is 9.84 Å². The molecule has 0 bridgehead atoms. The molecular weight excluding hydrogens is 324 g/mol. The Balaban J connectivity index is 1.68. The second-order valence-corrected chi connectivity index (χ2v) is 9.30. The molecule has 0 radical (unpaired) electrons. The maximum absolute atomic E-state index is 12.6. The number of sulfone groups is 1. The van der Waals surface area contributed by atoms with Crippen molar-refractivity contribution in [3.05, 3.63) is 29.8 Å². The molecule has 0 spiro atoms. The lowest BCUT2D eigenvalue weighted by Crippen LogP contribution is -2.48. The molecule has 1 unspecified atom stereocenters. The Morgan fingerprint density at radius 1 is 1.21 bits per heavy atom. The van der Waals surface area contributed by atoms with Crippen LogP contribution in [0.3, 0.4) is 0 Å². The van der Waals surface area contributed by atoms with E-state index in [1.807, 2.05) is 12.1 Å². The van der Waals surface area contributed by atoms with Crippen LogP contribution in [0.5, 0.6) is 0 Å². The maximum Gasteiger partial charge on any atom is 0.322 e. The molecule has 1 atom stereocenters. The van der Waals surface area contributed by atoms with Crippen LogP contribution in [0.1, 0.15) is 50.0 Å². The fourth-order valence-corrected chi connectivity index (χ4v) is 4.64. The van der Waals surface area contributed by atoms with Crippen LogP contribution >= 0.6 is 0 Å². The molecule has 6 heteroatoms. The second-order valence-electron chi connectivity index (χ2n) is 7.12. The number of amides is 2. The van der Waals surface area contributed by atoms with Crippen molar-refractivity contribution in [3.8, 4) is 0 Å². The lowest BCUT2D eigenvalue weighted by atomic mass is 9.80. The number of rotatable bonds is 4. The van der Waals surface area contributed by atoms with Crippen LogP contribution in [0, 0.1) is 0 Å². The zero-order valence-corrected chi connectivity index (χ0v) is 15.0. The van der Waals surface area contributed by atoms with Crippen LogP contribution in [0.2, 0.25) is 0 Å². The van der Waals surface area contributed by atoms with E-state index in [9.17, 15) is 13.2 Å². The van der Waals surface area contributed by atoms with Crippen LogP contribution in [-0.4, -0.2) is 43.9 Å². The normalized spacial score (nSPS) is 22.0. The summed E-state index contributed by atoms with van der Waals surface area (Å²) in [5.41, 5.74) is 2.08. The quantitative estimate of drug-likeness (QED) is 0.905. The number of carbonyl (C=O) groups excluding carboxylic acids is 1. The number of hydrogen-bond donors (Lipinski definition) is 1. The lowest BCUT2D eigenvalue weighted by Gasteiger charge is -2.35. The van der Waals surface area contributed by atoms with Gasteiger partial charge in [0.15, 0.2) is 0 Å². The van der Waals surface area contributed by atoms with Gasteiger partial charge in [-0.15, -0.1) is 0 Å².